The van der Waals surface area contributed by atoms with Gasteiger partial charge >= 0.3 is 0 Å². The second-order valence-electron chi connectivity index (χ2n) is 5.59. The van der Waals surface area contributed by atoms with Crippen LogP contribution < -0.4 is 0 Å². The molecule has 94 valence electrons. The van der Waals surface area contributed by atoms with Gasteiger partial charge in [-0.1, -0.05) is 96.7 Å². The minimum Gasteiger partial charge on any atom is -0.0691 e. The molecule has 0 aromatic heterocycles. The molecule has 1 unspecified atom stereocenters. The molecule has 0 aromatic rings. The quantitative estimate of drug-likeness (QED) is 0.312. The molecule has 0 heterocycles. The lowest BCUT2D eigenvalue weighted by molar-refractivity contribution is 0.487. The molecule has 0 spiro atoms. The molecule has 1 heteroatoms. The second kappa shape index (κ2) is 10.2. The van der Waals surface area contributed by atoms with Crippen molar-refractivity contribution in [2.24, 2.45) is 0 Å². The summed E-state index contributed by atoms with van der Waals surface area (Å²) in [6.07, 6.45) is 14.9. The standard InChI is InChI=1S/C15H31B/c1-4-6-7-8-9-10-11-12-13-14-15(3,16)5-2/h4-14H2,1-3H3. The molecule has 1 atom stereocenters. The molecule has 0 amide bonds. The normalized spacial score (nSPS) is 14.9. The molecule has 0 nitrogen and oxygen atoms in total. The van der Waals surface area contributed by atoms with Gasteiger partial charge in [-0.15, -0.1) is 0 Å². The molecule has 0 saturated carbocycles. The van der Waals surface area contributed by atoms with E-state index in [1.807, 2.05) is 0 Å². The number of hydrogen-bond donors (Lipinski definition) is 0. The highest BCUT2D eigenvalue weighted by Gasteiger charge is 2.12. The van der Waals surface area contributed by atoms with Crippen molar-refractivity contribution in [2.45, 2.75) is 96.7 Å². The van der Waals surface area contributed by atoms with Gasteiger partial charge in [0.05, 0.1) is 7.85 Å². The first-order valence-electron chi connectivity index (χ1n) is 7.41. The molecular weight excluding hydrogens is 191 g/mol. The zero-order valence-corrected chi connectivity index (χ0v) is 11.9. The van der Waals surface area contributed by atoms with Gasteiger partial charge < -0.3 is 0 Å². The molecule has 0 saturated heterocycles. The second-order valence-corrected chi connectivity index (χ2v) is 5.59. The van der Waals surface area contributed by atoms with Gasteiger partial charge in [-0.05, 0) is 0 Å². The first-order chi connectivity index (χ1) is 7.62. The van der Waals surface area contributed by atoms with Crippen LogP contribution in [-0.2, 0) is 0 Å². The summed E-state index contributed by atoms with van der Waals surface area (Å²) in [5.74, 6) is 0. The zero-order valence-electron chi connectivity index (χ0n) is 11.9. The van der Waals surface area contributed by atoms with Crippen molar-refractivity contribution in [2.75, 3.05) is 0 Å². The number of rotatable bonds is 11. The summed E-state index contributed by atoms with van der Waals surface area (Å²) < 4.78 is 0. The maximum Gasteiger partial charge on any atom is 0.0742 e. The Balaban J connectivity index is 3.10. The minimum atomic E-state index is 0.0845. The SMILES string of the molecule is [B]C(C)(CC)CCCCCCCCCCC. The van der Waals surface area contributed by atoms with Crippen molar-refractivity contribution in [3.05, 3.63) is 0 Å². The van der Waals surface area contributed by atoms with Crippen LogP contribution in [0.15, 0.2) is 0 Å². The smallest absolute Gasteiger partial charge is 0.0691 e. The van der Waals surface area contributed by atoms with E-state index in [-0.39, 0.29) is 5.31 Å². The van der Waals surface area contributed by atoms with Crippen molar-refractivity contribution >= 4 is 7.85 Å². The molecule has 0 aliphatic heterocycles. The third-order valence-corrected chi connectivity index (χ3v) is 3.66. The van der Waals surface area contributed by atoms with Crippen LogP contribution in [0.1, 0.15) is 91.4 Å². The van der Waals surface area contributed by atoms with Crippen LogP contribution in [0, 0.1) is 0 Å². The first kappa shape index (κ1) is 16.1. The lowest BCUT2D eigenvalue weighted by Gasteiger charge is -2.22. The van der Waals surface area contributed by atoms with E-state index >= 15 is 0 Å². The molecule has 2 radical (unpaired) electrons. The Kier molecular flexibility index (Phi) is 10.3. The van der Waals surface area contributed by atoms with Crippen LogP contribution in [0.3, 0.4) is 0 Å². The largest absolute Gasteiger partial charge is 0.0742 e. The fourth-order valence-electron chi connectivity index (χ4n) is 2.02. The van der Waals surface area contributed by atoms with Gasteiger partial charge in [0.25, 0.3) is 0 Å². The van der Waals surface area contributed by atoms with E-state index in [4.69, 9.17) is 7.85 Å². The minimum absolute atomic E-state index is 0.0845. The van der Waals surface area contributed by atoms with E-state index in [1.165, 1.54) is 64.2 Å². The third-order valence-electron chi connectivity index (χ3n) is 3.66. The summed E-state index contributed by atoms with van der Waals surface area (Å²) in [5.41, 5.74) is 0. The summed E-state index contributed by atoms with van der Waals surface area (Å²) >= 11 is 0. The van der Waals surface area contributed by atoms with Gasteiger partial charge in [0.1, 0.15) is 0 Å². The van der Waals surface area contributed by atoms with Crippen LogP contribution in [0.4, 0.5) is 0 Å². The maximum absolute atomic E-state index is 6.11. The van der Waals surface area contributed by atoms with Crippen molar-refractivity contribution < 1.29 is 0 Å². The highest BCUT2D eigenvalue weighted by molar-refractivity contribution is 6.14. The summed E-state index contributed by atoms with van der Waals surface area (Å²) in [6, 6.07) is 0. The van der Waals surface area contributed by atoms with Crippen molar-refractivity contribution in [3.8, 4) is 0 Å². The highest BCUT2D eigenvalue weighted by atomic mass is 14.1. The fraction of sp³-hybridized carbons (Fsp3) is 1.00. The Morgan fingerprint density at radius 3 is 1.62 bits per heavy atom. The van der Waals surface area contributed by atoms with E-state index in [1.54, 1.807) is 0 Å². The average molecular weight is 222 g/mol. The Labute approximate surface area is 105 Å². The van der Waals surface area contributed by atoms with Gasteiger partial charge in [0.15, 0.2) is 0 Å². The molecule has 0 fully saturated rings. The van der Waals surface area contributed by atoms with Crippen LogP contribution in [-0.4, -0.2) is 7.85 Å². The van der Waals surface area contributed by atoms with E-state index in [0.29, 0.717) is 0 Å². The van der Waals surface area contributed by atoms with Gasteiger partial charge in [-0.25, -0.2) is 0 Å². The van der Waals surface area contributed by atoms with E-state index in [2.05, 4.69) is 20.8 Å². The van der Waals surface area contributed by atoms with Crippen LogP contribution >= 0.6 is 0 Å². The zero-order chi connectivity index (χ0) is 12.3. The van der Waals surface area contributed by atoms with Crippen molar-refractivity contribution in [1.82, 2.24) is 0 Å². The molecule has 0 aliphatic carbocycles. The van der Waals surface area contributed by atoms with Gasteiger partial charge in [0.2, 0.25) is 0 Å². The Bertz CT molecular complexity index is 140. The summed E-state index contributed by atoms with van der Waals surface area (Å²) in [4.78, 5) is 0. The van der Waals surface area contributed by atoms with Gasteiger partial charge in [0, 0.05) is 0 Å². The predicted octanol–water partition coefficient (Wildman–Crippen LogP) is 5.66. The van der Waals surface area contributed by atoms with Crippen LogP contribution in [0.2, 0.25) is 5.31 Å². The van der Waals surface area contributed by atoms with Crippen molar-refractivity contribution in [1.29, 1.82) is 0 Å². The summed E-state index contributed by atoms with van der Waals surface area (Å²) in [6.45, 7) is 6.64. The van der Waals surface area contributed by atoms with E-state index < -0.39 is 0 Å². The Morgan fingerprint density at radius 1 is 0.750 bits per heavy atom. The monoisotopic (exact) mass is 222 g/mol. The number of unbranched alkanes of at least 4 members (excludes halogenated alkanes) is 8. The fourth-order valence-corrected chi connectivity index (χ4v) is 2.02. The summed E-state index contributed by atoms with van der Waals surface area (Å²) in [5, 5.41) is 0.0845. The van der Waals surface area contributed by atoms with Crippen LogP contribution in [0.25, 0.3) is 0 Å². The molecule has 0 N–H and O–H groups in total. The first-order valence-corrected chi connectivity index (χ1v) is 7.41. The molecule has 16 heavy (non-hydrogen) atoms. The van der Waals surface area contributed by atoms with Crippen molar-refractivity contribution in [3.63, 3.8) is 0 Å². The topological polar surface area (TPSA) is 0 Å². The maximum atomic E-state index is 6.11. The predicted molar refractivity (Wildman–Crippen MR) is 76.3 cm³/mol. The summed E-state index contributed by atoms with van der Waals surface area (Å²) in [7, 11) is 6.11. The molecular formula is C15H31B. The molecule has 0 bridgehead atoms. The molecule has 0 aliphatic rings. The molecule has 0 aromatic carbocycles. The van der Waals surface area contributed by atoms with E-state index in [0.717, 1.165) is 6.42 Å². The third kappa shape index (κ3) is 10.6. The lowest BCUT2D eigenvalue weighted by Crippen LogP contribution is -2.05. The number of hydrogen-bond acceptors (Lipinski definition) is 0. The van der Waals surface area contributed by atoms with Crippen LogP contribution in [0.5, 0.6) is 0 Å². The highest BCUT2D eigenvalue weighted by Crippen LogP contribution is 2.31. The van der Waals surface area contributed by atoms with Gasteiger partial charge in [-0.2, -0.15) is 0 Å². The molecule has 0 rings (SSSR count). The lowest BCUT2D eigenvalue weighted by atomic mass is 9.65. The van der Waals surface area contributed by atoms with E-state index in [9.17, 15) is 0 Å². The van der Waals surface area contributed by atoms with Gasteiger partial charge in [-0.3, -0.25) is 0 Å². The Hall–Kier alpha value is 0.0649. The Morgan fingerprint density at radius 2 is 1.19 bits per heavy atom. The average Bonchev–Trinajstić information content (AvgIpc) is 2.27.